The van der Waals surface area contributed by atoms with E-state index in [4.69, 9.17) is 14.5 Å². The Bertz CT molecular complexity index is 713. The molecule has 2 aromatic carbocycles. The summed E-state index contributed by atoms with van der Waals surface area (Å²) in [6.45, 7) is 7.29. The van der Waals surface area contributed by atoms with Crippen molar-refractivity contribution in [2.75, 3.05) is 13.2 Å². The monoisotopic (exact) mass is 332 g/mol. The molecule has 1 N–H and O–H groups in total. The van der Waals surface area contributed by atoms with E-state index in [0.29, 0.717) is 28.2 Å². The van der Waals surface area contributed by atoms with E-state index in [1.165, 1.54) is 6.07 Å². The van der Waals surface area contributed by atoms with Crippen molar-refractivity contribution in [3.8, 4) is 16.9 Å². The van der Waals surface area contributed by atoms with Gasteiger partial charge >= 0.3 is 0 Å². The van der Waals surface area contributed by atoms with Crippen LogP contribution >= 0.6 is 0 Å². The zero-order valence-electron chi connectivity index (χ0n) is 13.8. The van der Waals surface area contributed by atoms with Crippen molar-refractivity contribution in [2.24, 2.45) is 0 Å². The van der Waals surface area contributed by atoms with Gasteiger partial charge in [0.15, 0.2) is 0 Å². The number of ether oxygens (including phenoxy) is 1. The van der Waals surface area contributed by atoms with Crippen LogP contribution in [-0.4, -0.2) is 18.3 Å². The molecular weight excluding hydrogens is 311 g/mol. The highest BCUT2D eigenvalue weighted by molar-refractivity contribution is 5.67. The molecule has 0 saturated carbocycles. The van der Waals surface area contributed by atoms with Crippen LogP contribution in [0.2, 0.25) is 0 Å². The SMILES string of the molecule is C=C(C)OOCCOc1cc(-c2ccc(C)cc2F)ccc1CO. The van der Waals surface area contributed by atoms with E-state index in [2.05, 4.69) is 6.58 Å². The van der Waals surface area contributed by atoms with Crippen LogP contribution in [0, 0.1) is 12.7 Å². The third kappa shape index (κ3) is 4.81. The van der Waals surface area contributed by atoms with E-state index < -0.39 is 0 Å². The molecule has 0 aliphatic carbocycles. The van der Waals surface area contributed by atoms with E-state index in [-0.39, 0.29) is 25.6 Å². The molecule has 0 heterocycles. The van der Waals surface area contributed by atoms with E-state index in [1.54, 1.807) is 31.2 Å². The summed E-state index contributed by atoms with van der Waals surface area (Å²) in [7, 11) is 0. The van der Waals surface area contributed by atoms with E-state index in [9.17, 15) is 9.50 Å². The predicted octanol–water partition coefficient (Wildman–Crippen LogP) is 4.15. The van der Waals surface area contributed by atoms with Crippen LogP contribution in [0.4, 0.5) is 4.39 Å². The van der Waals surface area contributed by atoms with Gasteiger partial charge in [0, 0.05) is 11.1 Å². The van der Waals surface area contributed by atoms with Crippen LogP contribution < -0.4 is 4.74 Å². The highest BCUT2D eigenvalue weighted by Crippen LogP contribution is 2.29. The molecule has 0 saturated heterocycles. The summed E-state index contributed by atoms with van der Waals surface area (Å²) < 4.78 is 19.8. The number of aliphatic hydroxyl groups excluding tert-OH is 1. The third-order valence-corrected chi connectivity index (χ3v) is 3.30. The highest BCUT2D eigenvalue weighted by atomic mass is 19.1. The molecule has 2 aromatic rings. The average Bonchev–Trinajstić information content (AvgIpc) is 2.54. The van der Waals surface area contributed by atoms with Gasteiger partial charge in [-0.25, -0.2) is 4.39 Å². The van der Waals surface area contributed by atoms with Gasteiger partial charge in [-0.3, -0.25) is 0 Å². The fourth-order valence-corrected chi connectivity index (χ4v) is 2.17. The second-order valence-electron chi connectivity index (χ2n) is 5.42. The molecule has 0 aromatic heterocycles. The lowest BCUT2D eigenvalue weighted by Gasteiger charge is -2.13. The number of hydrogen-bond donors (Lipinski definition) is 1. The second kappa shape index (κ2) is 8.47. The van der Waals surface area contributed by atoms with Crippen LogP contribution in [0.25, 0.3) is 11.1 Å². The normalized spacial score (nSPS) is 10.5. The number of hydrogen-bond acceptors (Lipinski definition) is 4. The van der Waals surface area contributed by atoms with Gasteiger partial charge in [-0.05, 0) is 37.1 Å². The summed E-state index contributed by atoms with van der Waals surface area (Å²) in [6.07, 6.45) is 0. The fraction of sp³-hybridized carbons (Fsp3) is 0.263. The van der Waals surface area contributed by atoms with Crippen molar-refractivity contribution in [3.63, 3.8) is 0 Å². The number of rotatable bonds is 8. The maximum Gasteiger partial charge on any atom is 0.132 e. The predicted molar refractivity (Wildman–Crippen MR) is 89.8 cm³/mol. The number of halogens is 1. The number of aryl methyl sites for hydroxylation is 1. The van der Waals surface area contributed by atoms with E-state index in [0.717, 1.165) is 5.56 Å². The lowest BCUT2D eigenvalue weighted by Crippen LogP contribution is -2.08. The Hall–Kier alpha value is -2.37. The Morgan fingerprint density at radius 1 is 1.17 bits per heavy atom. The van der Waals surface area contributed by atoms with Gasteiger partial charge in [0.05, 0.1) is 6.61 Å². The van der Waals surface area contributed by atoms with Crippen LogP contribution in [0.1, 0.15) is 18.1 Å². The summed E-state index contributed by atoms with van der Waals surface area (Å²) >= 11 is 0. The molecule has 2 rings (SSSR count). The first kappa shape index (κ1) is 18.0. The van der Waals surface area contributed by atoms with Gasteiger partial charge in [0.25, 0.3) is 0 Å². The van der Waals surface area contributed by atoms with Crippen LogP contribution in [0.15, 0.2) is 48.7 Å². The molecule has 0 radical (unpaired) electrons. The first-order valence-corrected chi connectivity index (χ1v) is 7.59. The van der Waals surface area contributed by atoms with Crippen molar-refractivity contribution >= 4 is 0 Å². The zero-order valence-corrected chi connectivity index (χ0v) is 13.8. The van der Waals surface area contributed by atoms with Crippen LogP contribution in [0.5, 0.6) is 5.75 Å². The Kier molecular flexibility index (Phi) is 6.35. The minimum absolute atomic E-state index is 0.172. The molecule has 0 fully saturated rings. The van der Waals surface area contributed by atoms with Gasteiger partial charge in [0.1, 0.15) is 30.5 Å². The van der Waals surface area contributed by atoms with E-state index >= 15 is 0 Å². The van der Waals surface area contributed by atoms with Gasteiger partial charge < -0.3 is 14.7 Å². The first-order valence-electron chi connectivity index (χ1n) is 7.59. The van der Waals surface area contributed by atoms with Gasteiger partial charge in [-0.15, -0.1) is 0 Å². The zero-order chi connectivity index (χ0) is 17.5. The molecule has 5 heteroatoms. The van der Waals surface area contributed by atoms with E-state index in [1.807, 2.05) is 13.0 Å². The summed E-state index contributed by atoms with van der Waals surface area (Å²) in [5.74, 6) is 0.632. The Balaban J connectivity index is 2.13. The Labute approximate surface area is 141 Å². The molecule has 0 spiro atoms. The van der Waals surface area contributed by atoms with Gasteiger partial charge in [-0.1, -0.05) is 30.8 Å². The molecule has 0 bridgehead atoms. The maximum atomic E-state index is 14.1. The molecule has 4 nitrogen and oxygen atoms in total. The van der Waals surface area contributed by atoms with Crippen molar-refractivity contribution in [1.29, 1.82) is 0 Å². The summed E-state index contributed by atoms with van der Waals surface area (Å²) in [6, 6.07) is 10.2. The van der Waals surface area contributed by atoms with Crippen LogP contribution in [-0.2, 0) is 16.4 Å². The van der Waals surface area contributed by atoms with Gasteiger partial charge in [-0.2, -0.15) is 4.89 Å². The number of allylic oxidation sites excluding steroid dienone is 1. The molecule has 0 amide bonds. The van der Waals surface area contributed by atoms with Gasteiger partial charge in [0.2, 0.25) is 0 Å². The third-order valence-electron chi connectivity index (χ3n) is 3.30. The molecule has 0 unspecified atom stereocenters. The Morgan fingerprint density at radius 3 is 2.62 bits per heavy atom. The lowest BCUT2D eigenvalue weighted by atomic mass is 10.0. The molecule has 128 valence electrons. The number of aliphatic hydroxyl groups is 1. The molecular formula is C19H21FO4. The molecule has 0 aliphatic heterocycles. The first-order chi connectivity index (χ1) is 11.5. The average molecular weight is 332 g/mol. The maximum absolute atomic E-state index is 14.1. The Morgan fingerprint density at radius 2 is 1.96 bits per heavy atom. The number of benzene rings is 2. The molecule has 0 aliphatic rings. The smallest absolute Gasteiger partial charge is 0.132 e. The quantitative estimate of drug-likeness (QED) is 0.341. The largest absolute Gasteiger partial charge is 0.491 e. The van der Waals surface area contributed by atoms with Crippen molar-refractivity contribution in [2.45, 2.75) is 20.5 Å². The summed E-state index contributed by atoms with van der Waals surface area (Å²) in [4.78, 5) is 9.67. The second-order valence-corrected chi connectivity index (χ2v) is 5.42. The summed E-state index contributed by atoms with van der Waals surface area (Å²) in [5, 5.41) is 9.42. The van der Waals surface area contributed by atoms with Crippen LogP contribution in [0.3, 0.4) is 0 Å². The standard InChI is InChI=1S/C19H21FO4/c1-13(2)24-23-9-8-22-19-11-15(5-6-16(19)12-21)17-7-4-14(3)10-18(17)20/h4-7,10-11,21H,1,8-9,12H2,2-3H3. The van der Waals surface area contributed by atoms with Crippen molar-refractivity contribution in [1.82, 2.24) is 0 Å². The lowest BCUT2D eigenvalue weighted by molar-refractivity contribution is -0.263. The van der Waals surface area contributed by atoms with Crippen molar-refractivity contribution in [3.05, 3.63) is 65.7 Å². The fourth-order valence-electron chi connectivity index (χ4n) is 2.17. The topological polar surface area (TPSA) is 47.9 Å². The minimum atomic E-state index is -0.295. The minimum Gasteiger partial charge on any atom is -0.491 e. The van der Waals surface area contributed by atoms with Crippen molar-refractivity contribution < 1.29 is 24.0 Å². The molecule has 24 heavy (non-hydrogen) atoms. The summed E-state index contributed by atoms with van der Waals surface area (Å²) in [5.41, 5.74) is 2.64. The molecule has 0 atom stereocenters. The highest BCUT2D eigenvalue weighted by Gasteiger charge is 2.10.